The zero-order valence-corrected chi connectivity index (χ0v) is 65.8. The lowest BCUT2D eigenvalue weighted by molar-refractivity contribution is -0.870. The predicted molar refractivity (Wildman–Crippen MR) is 443 cm³/mol. The van der Waals surface area contributed by atoms with Crippen LogP contribution in [-0.2, 0) is 33.3 Å². The summed E-state index contributed by atoms with van der Waals surface area (Å²) in [7, 11) is 5.92. The molecule has 9 heteroatoms. The van der Waals surface area contributed by atoms with E-state index in [1.54, 1.807) is 0 Å². The molecule has 9 nitrogen and oxygen atoms in total. The Kier molecular flexibility index (Phi) is 75.8. The molecule has 0 aromatic rings. The van der Waals surface area contributed by atoms with Gasteiger partial charge in [0.2, 0.25) is 0 Å². The lowest BCUT2D eigenvalue weighted by Gasteiger charge is -2.26. The van der Waals surface area contributed by atoms with E-state index in [4.69, 9.17) is 18.9 Å². The van der Waals surface area contributed by atoms with Crippen LogP contribution in [0, 0.1) is 0 Å². The van der Waals surface area contributed by atoms with Crippen molar-refractivity contribution in [3.8, 4) is 0 Å². The van der Waals surface area contributed by atoms with Crippen molar-refractivity contribution in [2.24, 2.45) is 0 Å². The van der Waals surface area contributed by atoms with E-state index in [1.165, 1.54) is 70.6 Å². The molecule has 0 amide bonds. The Morgan fingerprint density at radius 2 is 0.524 bits per heavy atom. The highest BCUT2D eigenvalue weighted by Gasteiger charge is 2.22. The quantitative estimate of drug-likeness (QED) is 0.0195. The van der Waals surface area contributed by atoms with E-state index in [0.717, 1.165) is 180 Å². The average Bonchev–Trinajstić information content (AvgIpc) is 1.01. The van der Waals surface area contributed by atoms with E-state index < -0.39 is 24.3 Å². The third kappa shape index (κ3) is 82.5. The van der Waals surface area contributed by atoms with Gasteiger partial charge in [0.25, 0.3) is 0 Å². The minimum Gasteiger partial charge on any atom is -0.545 e. The van der Waals surface area contributed by atoms with Crippen molar-refractivity contribution in [3.05, 3.63) is 231 Å². The fourth-order valence-corrected chi connectivity index (χ4v) is 10.3. The first kappa shape index (κ1) is 96.4. The summed E-state index contributed by atoms with van der Waals surface area (Å²) in [5.74, 6) is -2.32. The van der Waals surface area contributed by atoms with Crippen molar-refractivity contribution in [1.82, 2.24) is 0 Å². The SMILES string of the molecule is CC/C=C\C/C=C\C/C=C\C/C=C\C/C=C\C/C=C\C/C=C\C/C=C\C/C=C\C/C=C\CCCCCCCCCCCCC(=O)OC(COC(=O)CCCCCCCCCCC/C=C\C/C=C\C/C=C\C/C=C\C/C=C\C/C=C\C/C=C\C/C=C\C/C=C\CC)COC(OCC[N+](C)(C)C)C(=O)[O-]. The van der Waals surface area contributed by atoms with Gasteiger partial charge in [-0.25, -0.2) is 0 Å². The first-order valence-corrected chi connectivity index (χ1v) is 40.5. The van der Waals surface area contributed by atoms with Gasteiger partial charge in [0.1, 0.15) is 13.2 Å². The standard InChI is InChI=1S/C94H147NO8/c1-6-8-10-12-14-16-18-20-22-24-26-28-30-32-34-36-38-40-42-44-45-46-47-49-51-53-55-57-59-61-63-65-67-69-71-73-75-77-79-81-83-85-92(97)103-90(89-102-94(93(98)99)100-87-86-95(3,4)5)88-101-91(96)84-82-80-78-76-74-72-70-68-66-64-62-60-58-56-54-52-50-48-43-41-39-37-35-33-31-29-27-25-23-21-19-17-15-13-11-9-7-2/h8-11,14-17,20-23,26-29,32-35,38-41,44-45,47-50,53-56,59-62,90,94H,6-7,12-13,18-19,24-25,30-31,36-37,42-43,46,51-52,57-58,63-89H2,1-5H3/b10-8-,11-9-,16-14-,17-15-,22-20-,23-21-,28-26-,29-27-,34-32-,35-33-,40-38-,41-39-,45-44-,49-47-,50-48-,55-53-,56-54-,61-59-,62-60-. The summed E-state index contributed by atoms with van der Waals surface area (Å²) in [5, 5.41) is 11.9. The Morgan fingerprint density at radius 1 is 0.291 bits per heavy atom. The molecule has 0 aromatic heterocycles. The van der Waals surface area contributed by atoms with Crippen LogP contribution >= 0.6 is 0 Å². The van der Waals surface area contributed by atoms with E-state index in [2.05, 4.69) is 245 Å². The van der Waals surface area contributed by atoms with Crippen LogP contribution in [0.2, 0.25) is 0 Å². The van der Waals surface area contributed by atoms with Crippen LogP contribution in [0.15, 0.2) is 231 Å². The average molecular weight is 1420 g/mol. The van der Waals surface area contributed by atoms with Gasteiger partial charge in [0.15, 0.2) is 12.4 Å². The number of unbranched alkanes of at least 4 members (excludes halogenated alkanes) is 19. The molecule has 0 N–H and O–H groups in total. The third-order valence-corrected chi connectivity index (χ3v) is 16.4. The second kappa shape index (κ2) is 81.0. The Hall–Kier alpha value is -6.65. The molecular formula is C94H147NO8. The zero-order valence-electron chi connectivity index (χ0n) is 65.8. The van der Waals surface area contributed by atoms with E-state index >= 15 is 0 Å². The lowest BCUT2D eigenvalue weighted by Crippen LogP contribution is -2.44. The number of quaternary nitrogens is 1. The van der Waals surface area contributed by atoms with Crippen LogP contribution < -0.4 is 5.11 Å². The van der Waals surface area contributed by atoms with Crippen LogP contribution in [0.1, 0.15) is 284 Å². The molecule has 0 aromatic carbocycles. The number of aliphatic carboxylic acids is 1. The number of carboxylic acids is 1. The van der Waals surface area contributed by atoms with Crippen LogP contribution in [0.5, 0.6) is 0 Å². The number of ether oxygens (including phenoxy) is 4. The van der Waals surface area contributed by atoms with Crippen molar-refractivity contribution >= 4 is 17.9 Å². The summed E-state index contributed by atoms with van der Waals surface area (Å²) < 4.78 is 22.8. The van der Waals surface area contributed by atoms with Gasteiger partial charge in [0, 0.05) is 12.8 Å². The summed E-state index contributed by atoms with van der Waals surface area (Å²) in [6.07, 6.45) is 126. The fourth-order valence-electron chi connectivity index (χ4n) is 10.3. The fraction of sp³-hybridized carbons (Fsp3) is 0.564. The topological polar surface area (TPSA) is 111 Å². The molecule has 0 aliphatic carbocycles. The lowest BCUT2D eigenvalue weighted by atomic mass is 10.0. The Labute approximate surface area is 631 Å². The van der Waals surface area contributed by atoms with Gasteiger partial charge < -0.3 is 33.3 Å². The van der Waals surface area contributed by atoms with Gasteiger partial charge >= 0.3 is 11.9 Å². The van der Waals surface area contributed by atoms with Crippen LogP contribution in [-0.4, -0.2) is 82.3 Å². The van der Waals surface area contributed by atoms with Gasteiger partial charge in [-0.3, -0.25) is 9.59 Å². The molecular weight excluding hydrogens is 1270 g/mol. The second-order valence-corrected chi connectivity index (χ2v) is 27.2. The predicted octanol–water partition coefficient (Wildman–Crippen LogP) is 25.2. The first-order chi connectivity index (χ1) is 50.6. The maximum absolute atomic E-state index is 13.0. The molecule has 2 unspecified atom stereocenters. The number of likely N-dealkylation sites (N-methyl/N-ethyl adjacent to an activating group) is 1. The molecule has 2 atom stereocenters. The molecule has 0 saturated carbocycles. The molecule has 0 rings (SSSR count). The normalized spacial score (nSPS) is 13.9. The minimum absolute atomic E-state index is 0.134. The van der Waals surface area contributed by atoms with Crippen LogP contribution in [0.25, 0.3) is 0 Å². The monoisotopic (exact) mass is 1420 g/mol. The molecule has 0 radical (unpaired) electrons. The van der Waals surface area contributed by atoms with Gasteiger partial charge in [-0.15, -0.1) is 0 Å². The number of rotatable bonds is 72. The van der Waals surface area contributed by atoms with E-state index in [-0.39, 0.29) is 38.6 Å². The van der Waals surface area contributed by atoms with E-state index in [0.29, 0.717) is 17.4 Å². The van der Waals surface area contributed by atoms with Crippen LogP contribution in [0.3, 0.4) is 0 Å². The van der Waals surface area contributed by atoms with Crippen molar-refractivity contribution in [3.63, 3.8) is 0 Å². The molecule has 0 spiro atoms. The number of esters is 2. The highest BCUT2D eigenvalue weighted by atomic mass is 16.7. The van der Waals surface area contributed by atoms with Crippen molar-refractivity contribution in [1.29, 1.82) is 0 Å². The van der Waals surface area contributed by atoms with Gasteiger partial charge in [0.05, 0.1) is 40.3 Å². The maximum atomic E-state index is 13.0. The first-order valence-electron chi connectivity index (χ1n) is 40.5. The number of carboxylic acid groups (broad SMARTS) is 1. The number of carbonyl (C=O) groups is 3. The Bertz CT molecular complexity index is 2560. The van der Waals surface area contributed by atoms with Gasteiger partial charge in [-0.2, -0.15) is 0 Å². The second-order valence-electron chi connectivity index (χ2n) is 27.2. The van der Waals surface area contributed by atoms with Gasteiger partial charge in [-0.05, 0) is 161 Å². The highest BCUT2D eigenvalue weighted by Crippen LogP contribution is 2.16. The number of hydrogen-bond donors (Lipinski definition) is 0. The molecule has 0 fully saturated rings. The minimum atomic E-state index is -1.64. The number of carbonyl (C=O) groups excluding carboxylic acids is 3. The smallest absolute Gasteiger partial charge is 0.306 e. The van der Waals surface area contributed by atoms with Crippen LogP contribution in [0.4, 0.5) is 0 Å². The number of hydrogen-bond acceptors (Lipinski definition) is 8. The molecule has 0 bridgehead atoms. The summed E-state index contributed by atoms with van der Waals surface area (Å²) in [5.41, 5.74) is 0. The van der Waals surface area contributed by atoms with Gasteiger partial charge in [-0.1, -0.05) is 341 Å². The van der Waals surface area contributed by atoms with E-state index in [9.17, 15) is 19.5 Å². The molecule has 0 heterocycles. The largest absolute Gasteiger partial charge is 0.545 e. The van der Waals surface area contributed by atoms with Crippen molar-refractivity contribution in [2.75, 3.05) is 47.5 Å². The summed E-state index contributed by atoms with van der Waals surface area (Å²) in [4.78, 5) is 37.6. The van der Waals surface area contributed by atoms with Crippen molar-refractivity contribution in [2.45, 2.75) is 296 Å². The third-order valence-electron chi connectivity index (χ3n) is 16.4. The zero-order chi connectivity index (χ0) is 74.6. The maximum Gasteiger partial charge on any atom is 0.306 e. The molecule has 576 valence electrons. The summed E-state index contributed by atoms with van der Waals surface area (Å²) >= 11 is 0. The number of nitrogens with zero attached hydrogens (tertiary/aromatic N) is 1. The molecule has 0 aliphatic rings. The van der Waals surface area contributed by atoms with E-state index in [1.807, 2.05) is 21.1 Å². The summed E-state index contributed by atoms with van der Waals surface area (Å²) in [6, 6.07) is 0. The highest BCUT2D eigenvalue weighted by molar-refractivity contribution is 5.70. The molecule has 103 heavy (non-hydrogen) atoms. The Balaban J connectivity index is 4.16. The summed E-state index contributed by atoms with van der Waals surface area (Å²) in [6.45, 7) is 4.49. The molecule has 0 saturated heterocycles. The van der Waals surface area contributed by atoms with Crippen molar-refractivity contribution < 1.29 is 42.9 Å². The Morgan fingerprint density at radius 3 is 0.777 bits per heavy atom. The number of allylic oxidation sites excluding steroid dienone is 38. The molecule has 0 aliphatic heterocycles.